The second-order valence-electron chi connectivity index (χ2n) is 15.3. The molecule has 3 aromatic carbocycles. The second kappa shape index (κ2) is 13.0. The van der Waals surface area contributed by atoms with E-state index in [1.165, 1.54) is 17.8 Å². The van der Waals surface area contributed by atoms with Crippen LogP contribution in [-0.2, 0) is 23.0 Å². The number of pyridine rings is 1. The zero-order chi connectivity index (χ0) is 36.6. The molecule has 4 aliphatic carbocycles. The first-order valence-electron chi connectivity index (χ1n) is 18.4. The number of anilines is 2. The number of hydrogen-bond donors (Lipinski definition) is 2. The van der Waals surface area contributed by atoms with Crippen LogP contribution in [0.5, 0.6) is 0 Å². The first-order chi connectivity index (χ1) is 25.5. The summed E-state index contributed by atoms with van der Waals surface area (Å²) in [4.78, 5) is 37.8. The lowest BCUT2D eigenvalue weighted by molar-refractivity contribution is -0.0351. The summed E-state index contributed by atoms with van der Waals surface area (Å²) < 4.78 is 31.2. The fourth-order valence-electron chi connectivity index (χ4n) is 10.1. The highest BCUT2D eigenvalue weighted by Crippen LogP contribution is 2.55. The molecule has 10 rings (SSSR count). The monoisotopic (exact) mass is 747 g/mol. The summed E-state index contributed by atoms with van der Waals surface area (Å²) in [6.45, 7) is 2.72. The third-order valence-corrected chi connectivity index (χ3v) is 15.2. The number of sulfonamides is 1. The Morgan fingerprint density at radius 2 is 1.62 bits per heavy atom. The number of carboxylic acid groups (broad SMARTS) is 1. The standard InChI is InChI=1S/C41H41N5O5S2/c1-23-29(8-6-12-35(23)53(50,51)45(2)38-27-18-24-17-25(20-27)21-28(38)19-24)30-13-14-36(43-37(30)40(48)49)46-16-15-26-7-5-9-31(32(26)22-46)39(47)44-41-42-33-10-3-4-11-34(33)52-41/h3-14,24-25,27-28,38H,15-22H2,1-2H3,(H,48,49)(H,42,44,47). The van der Waals surface area contributed by atoms with Crippen molar-refractivity contribution in [1.29, 1.82) is 0 Å². The molecular weight excluding hydrogens is 707 g/mol. The molecule has 0 atom stereocenters. The summed E-state index contributed by atoms with van der Waals surface area (Å²) in [7, 11) is -2.11. The second-order valence-corrected chi connectivity index (χ2v) is 18.3. The summed E-state index contributed by atoms with van der Waals surface area (Å²) in [6.07, 6.45) is 6.39. The molecule has 1 aliphatic heterocycles. The largest absolute Gasteiger partial charge is 0.476 e. The van der Waals surface area contributed by atoms with Crippen LogP contribution in [0.15, 0.2) is 77.7 Å². The molecule has 10 nitrogen and oxygen atoms in total. The van der Waals surface area contributed by atoms with E-state index >= 15 is 0 Å². The van der Waals surface area contributed by atoms with Crippen LogP contribution in [0.25, 0.3) is 21.3 Å². The van der Waals surface area contributed by atoms with Gasteiger partial charge in [0.05, 0.1) is 15.1 Å². The van der Waals surface area contributed by atoms with Crippen LogP contribution < -0.4 is 10.2 Å². The van der Waals surface area contributed by atoms with Crippen molar-refractivity contribution in [2.24, 2.45) is 23.7 Å². The topological polar surface area (TPSA) is 133 Å². The number of benzene rings is 3. The van der Waals surface area contributed by atoms with Gasteiger partial charge in [0, 0.05) is 37.3 Å². The van der Waals surface area contributed by atoms with Gasteiger partial charge in [-0.1, -0.05) is 47.7 Å². The Morgan fingerprint density at radius 1 is 0.887 bits per heavy atom. The van der Waals surface area contributed by atoms with Crippen molar-refractivity contribution in [2.45, 2.75) is 62.9 Å². The van der Waals surface area contributed by atoms with Crippen molar-refractivity contribution >= 4 is 54.4 Å². The molecule has 4 fully saturated rings. The van der Waals surface area contributed by atoms with E-state index in [2.05, 4.69) is 15.3 Å². The molecule has 2 N–H and O–H groups in total. The average Bonchev–Trinajstić information content (AvgIpc) is 3.56. The SMILES string of the molecule is Cc1c(-c2ccc(N3CCc4cccc(C(=O)Nc5nc6ccccc6s5)c4C3)nc2C(=O)O)cccc1S(=O)(=O)N(C)C1C2CC3CC(C2)CC1C3. The number of para-hydroxylation sites is 1. The molecule has 4 bridgehead atoms. The van der Waals surface area contributed by atoms with Gasteiger partial charge in [-0.3, -0.25) is 10.1 Å². The maximum atomic E-state index is 14.3. The lowest BCUT2D eigenvalue weighted by Gasteiger charge is -2.56. The number of nitrogens with one attached hydrogen (secondary N) is 1. The van der Waals surface area contributed by atoms with Crippen LogP contribution >= 0.6 is 11.3 Å². The Bertz CT molecular complexity index is 2350. The molecule has 1 amide bonds. The lowest BCUT2D eigenvalue weighted by atomic mass is 9.54. The number of amides is 1. The van der Waals surface area contributed by atoms with Crippen molar-refractivity contribution in [1.82, 2.24) is 14.3 Å². The first kappa shape index (κ1) is 34.1. The number of carboxylic acids is 1. The van der Waals surface area contributed by atoms with E-state index in [-0.39, 0.29) is 22.5 Å². The molecule has 5 aromatic rings. The van der Waals surface area contributed by atoms with E-state index in [1.807, 2.05) is 41.3 Å². The minimum Gasteiger partial charge on any atom is -0.476 e. The van der Waals surface area contributed by atoms with Crippen LogP contribution in [0, 0.1) is 30.6 Å². The van der Waals surface area contributed by atoms with Gasteiger partial charge in [0.15, 0.2) is 10.8 Å². The third kappa shape index (κ3) is 5.91. The minimum atomic E-state index is -3.85. The Hall–Kier alpha value is -4.65. The summed E-state index contributed by atoms with van der Waals surface area (Å²) in [6, 6.07) is 22.1. The number of carbonyl (C=O) groups is 2. The number of hydrogen-bond acceptors (Lipinski definition) is 8. The molecule has 53 heavy (non-hydrogen) atoms. The van der Waals surface area contributed by atoms with E-state index in [9.17, 15) is 23.1 Å². The van der Waals surface area contributed by atoms with E-state index < -0.39 is 16.0 Å². The van der Waals surface area contributed by atoms with Crippen LogP contribution in [0.2, 0.25) is 0 Å². The average molecular weight is 748 g/mol. The van der Waals surface area contributed by atoms with E-state index in [1.54, 1.807) is 54.7 Å². The van der Waals surface area contributed by atoms with E-state index in [0.717, 1.165) is 58.9 Å². The molecule has 0 spiro atoms. The van der Waals surface area contributed by atoms with Crippen LogP contribution in [0.1, 0.15) is 69.6 Å². The van der Waals surface area contributed by atoms with Crippen molar-refractivity contribution in [3.8, 4) is 11.1 Å². The van der Waals surface area contributed by atoms with E-state index in [0.29, 0.717) is 64.5 Å². The number of aromatic carboxylic acids is 1. The highest BCUT2D eigenvalue weighted by atomic mass is 32.2. The van der Waals surface area contributed by atoms with Crippen molar-refractivity contribution < 1.29 is 23.1 Å². The Kier molecular flexibility index (Phi) is 8.39. The molecule has 4 saturated carbocycles. The summed E-state index contributed by atoms with van der Waals surface area (Å²) in [5.41, 5.74) is 4.52. The molecule has 0 saturated heterocycles. The van der Waals surface area contributed by atoms with Gasteiger partial charge in [0.1, 0.15) is 5.82 Å². The Balaban J connectivity index is 0.991. The van der Waals surface area contributed by atoms with Crippen molar-refractivity contribution in [2.75, 3.05) is 23.8 Å². The fraction of sp³-hybridized carbons (Fsp3) is 0.366. The van der Waals surface area contributed by atoms with Gasteiger partial charge < -0.3 is 10.0 Å². The van der Waals surface area contributed by atoms with E-state index in [4.69, 9.17) is 0 Å². The molecule has 3 heterocycles. The molecule has 2 aromatic heterocycles. The number of thiazole rings is 1. The first-order valence-corrected chi connectivity index (χ1v) is 20.7. The quantitative estimate of drug-likeness (QED) is 0.166. The summed E-state index contributed by atoms with van der Waals surface area (Å²) >= 11 is 1.42. The van der Waals surface area contributed by atoms with Crippen LogP contribution in [0.3, 0.4) is 0 Å². The predicted octanol–water partition coefficient (Wildman–Crippen LogP) is 7.63. The van der Waals surface area contributed by atoms with Gasteiger partial charge in [-0.2, -0.15) is 4.31 Å². The zero-order valence-electron chi connectivity index (χ0n) is 29.7. The van der Waals surface area contributed by atoms with Crippen LogP contribution in [0.4, 0.5) is 10.9 Å². The maximum absolute atomic E-state index is 14.3. The number of aromatic nitrogens is 2. The molecule has 272 valence electrons. The Morgan fingerprint density at radius 3 is 2.36 bits per heavy atom. The highest BCUT2D eigenvalue weighted by molar-refractivity contribution is 7.89. The highest BCUT2D eigenvalue weighted by Gasteiger charge is 2.51. The van der Waals surface area contributed by atoms with Crippen LogP contribution in [-0.4, -0.2) is 59.3 Å². The van der Waals surface area contributed by atoms with Gasteiger partial charge in [-0.15, -0.1) is 0 Å². The normalized spacial score (nSPS) is 23.4. The summed E-state index contributed by atoms with van der Waals surface area (Å²) in [5.74, 6) is 1.28. The van der Waals surface area contributed by atoms with Gasteiger partial charge in [-0.05, 0) is 128 Å². The third-order valence-electron chi connectivity index (χ3n) is 12.3. The molecule has 0 unspecified atom stereocenters. The van der Waals surface area contributed by atoms with Crippen molar-refractivity contribution in [3.05, 3.63) is 101 Å². The number of nitrogens with zero attached hydrogens (tertiary/aromatic N) is 4. The maximum Gasteiger partial charge on any atom is 0.355 e. The molecule has 12 heteroatoms. The molecular formula is C41H41N5O5S2. The molecule has 0 radical (unpaired) electrons. The minimum absolute atomic E-state index is 0.000131. The summed E-state index contributed by atoms with van der Waals surface area (Å²) in [5, 5.41) is 13.9. The predicted molar refractivity (Wildman–Crippen MR) is 206 cm³/mol. The number of carbonyl (C=O) groups excluding carboxylic acids is 1. The number of rotatable bonds is 8. The van der Waals surface area contributed by atoms with Gasteiger partial charge in [0.2, 0.25) is 10.0 Å². The van der Waals surface area contributed by atoms with Gasteiger partial charge >= 0.3 is 5.97 Å². The van der Waals surface area contributed by atoms with Gasteiger partial charge in [-0.25, -0.2) is 23.2 Å². The lowest BCUT2D eigenvalue weighted by Crippen LogP contribution is -2.56. The smallest absolute Gasteiger partial charge is 0.355 e. The zero-order valence-corrected chi connectivity index (χ0v) is 31.3. The fourth-order valence-corrected chi connectivity index (χ4v) is 12.7. The Labute approximate surface area is 312 Å². The van der Waals surface area contributed by atoms with Gasteiger partial charge in [0.25, 0.3) is 5.91 Å². The molecule has 5 aliphatic rings. The number of fused-ring (bicyclic) bond motifs is 2. The van der Waals surface area contributed by atoms with Crippen molar-refractivity contribution in [3.63, 3.8) is 0 Å².